The van der Waals surface area contributed by atoms with Crippen LogP contribution in [0.3, 0.4) is 0 Å². The van der Waals surface area contributed by atoms with Gasteiger partial charge >= 0.3 is 0 Å². The predicted molar refractivity (Wildman–Crippen MR) is 49.9 cm³/mol. The highest BCUT2D eigenvalue weighted by Gasteiger charge is 2.17. The summed E-state index contributed by atoms with van der Waals surface area (Å²) in [5.41, 5.74) is 0. The smallest absolute Gasteiger partial charge is 0.287 e. The highest BCUT2D eigenvalue weighted by Crippen LogP contribution is 2.10. The highest BCUT2D eigenvalue weighted by atomic mass is 16.5. The number of carbonyl (C=O) groups is 1. The maximum absolute atomic E-state index is 11.4. The second-order valence-corrected chi connectivity index (χ2v) is 3.28. The Hall–Kier alpha value is -1.36. The Kier molecular flexibility index (Phi) is 2.78. The molecule has 0 spiro atoms. The lowest BCUT2D eigenvalue weighted by atomic mass is 10.2. The van der Waals surface area contributed by atoms with Crippen molar-refractivity contribution in [2.75, 3.05) is 13.2 Å². The quantitative estimate of drug-likeness (QED) is 0.729. The van der Waals surface area contributed by atoms with E-state index in [1.165, 1.54) is 0 Å². The van der Waals surface area contributed by atoms with Crippen LogP contribution in [-0.2, 0) is 4.74 Å². The fourth-order valence-electron chi connectivity index (χ4n) is 1.49. The van der Waals surface area contributed by atoms with Crippen molar-refractivity contribution in [2.24, 2.45) is 0 Å². The van der Waals surface area contributed by atoms with E-state index in [1.807, 2.05) is 0 Å². The number of aromatic amines is 1. The molecule has 1 amide bonds. The summed E-state index contributed by atoms with van der Waals surface area (Å²) in [6.45, 7) is 1.38. The second kappa shape index (κ2) is 4.23. The van der Waals surface area contributed by atoms with E-state index >= 15 is 0 Å². The van der Waals surface area contributed by atoms with E-state index in [1.54, 1.807) is 12.4 Å². The van der Waals surface area contributed by atoms with Crippen LogP contribution in [0.1, 0.15) is 23.5 Å². The third-order valence-corrected chi connectivity index (χ3v) is 2.23. The molecule has 2 heterocycles. The molecule has 1 unspecified atom stereocenters. The molecule has 1 aliphatic rings. The molecule has 2 N–H and O–H groups in total. The molecule has 2 rings (SSSR count). The number of hydrogen-bond donors (Lipinski definition) is 2. The molecule has 0 radical (unpaired) electrons. The van der Waals surface area contributed by atoms with Crippen molar-refractivity contribution in [3.8, 4) is 0 Å². The lowest BCUT2D eigenvalue weighted by Gasteiger charge is -2.09. The lowest BCUT2D eigenvalue weighted by molar-refractivity contribution is 0.0850. The second-order valence-electron chi connectivity index (χ2n) is 3.28. The molecule has 1 aliphatic heterocycles. The molecule has 5 nitrogen and oxygen atoms in total. The summed E-state index contributed by atoms with van der Waals surface area (Å²) in [4.78, 5) is 18.0. The van der Waals surface area contributed by atoms with Crippen molar-refractivity contribution in [1.82, 2.24) is 15.3 Å². The normalized spacial score (nSPS) is 21.0. The van der Waals surface area contributed by atoms with E-state index in [0.29, 0.717) is 12.4 Å². The molecular weight excluding hydrogens is 182 g/mol. The van der Waals surface area contributed by atoms with Crippen molar-refractivity contribution in [1.29, 1.82) is 0 Å². The molecule has 1 fully saturated rings. The Morgan fingerprint density at radius 1 is 1.79 bits per heavy atom. The summed E-state index contributed by atoms with van der Waals surface area (Å²) in [7, 11) is 0. The summed E-state index contributed by atoms with van der Waals surface area (Å²) >= 11 is 0. The molecule has 1 aromatic heterocycles. The van der Waals surface area contributed by atoms with Gasteiger partial charge in [0.05, 0.1) is 6.10 Å². The van der Waals surface area contributed by atoms with Crippen molar-refractivity contribution < 1.29 is 9.53 Å². The minimum absolute atomic E-state index is 0.175. The summed E-state index contributed by atoms with van der Waals surface area (Å²) < 4.78 is 5.38. The van der Waals surface area contributed by atoms with Crippen molar-refractivity contribution in [3.63, 3.8) is 0 Å². The van der Waals surface area contributed by atoms with Gasteiger partial charge in [0.15, 0.2) is 5.82 Å². The summed E-state index contributed by atoms with van der Waals surface area (Å²) in [6, 6.07) is 0. The Morgan fingerprint density at radius 2 is 2.71 bits per heavy atom. The largest absolute Gasteiger partial charge is 0.376 e. The topological polar surface area (TPSA) is 67.0 Å². The first kappa shape index (κ1) is 9.21. The maximum atomic E-state index is 11.4. The van der Waals surface area contributed by atoms with Gasteiger partial charge in [0.2, 0.25) is 0 Å². The van der Waals surface area contributed by atoms with Crippen LogP contribution in [-0.4, -0.2) is 35.1 Å². The van der Waals surface area contributed by atoms with Crippen LogP contribution in [0.15, 0.2) is 12.4 Å². The van der Waals surface area contributed by atoms with E-state index in [-0.39, 0.29) is 12.0 Å². The van der Waals surface area contributed by atoms with E-state index in [0.717, 1.165) is 19.4 Å². The molecule has 0 bridgehead atoms. The summed E-state index contributed by atoms with van der Waals surface area (Å²) in [6.07, 6.45) is 5.47. The van der Waals surface area contributed by atoms with Crippen LogP contribution in [0.2, 0.25) is 0 Å². The van der Waals surface area contributed by atoms with Crippen LogP contribution in [0.5, 0.6) is 0 Å². The first-order valence-corrected chi connectivity index (χ1v) is 4.75. The van der Waals surface area contributed by atoms with Gasteiger partial charge in [0.25, 0.3) is 5.91 Å². The van der Waals surface area contributed by atoms with Crippen molar-refractivity contribution in [2.45, 2.75) is 18.9 Å². The average molecular weight is 195 g/mol. The van der Waals surface area contributed by atoms with Crippen molar-refractivity contribution >= 4 is 5.91 Å². The molecule has 1 atom stereocenters. The van der Waals surface area contributed by atoms with E-state index in [4.69, 9.17) is 4.74 Å². The maximum Gasteiger partial charge on any atom is 0.287 e. The zero-order valence-corrected chi connectivity index (χ0v) is 7.82. The van der Waals surface area contributed by atoms with E-state index < -0.39 is 0 Å². The van der Waals surface area contributed by atoms with Crippen LogP contribution in [0.25, 0.3) is 0 Å². The number of hydrogen-bond acceptors (Lipinski definition) is 3. The standard InChI is InChI=1S/C9H13N3O2/c13-9(8-10-3-4-11-8)12-6-7-2-1-5-14-7/h3-4,7H,1-2,5-6H2,(H,10,11)(H,12,13). The van der Waals surface area contributed by atoms with E-state index in [2.05, 4.69) is 15.3 Å². The molecule has 0 aromatic carbocycles. The van der Waals surface area contributed by atoms with Gasteiger partial charge in [-0.25, -0.2) is 4.98 Å². The number of rotatable bonds is 3. The van der Waals surface area contributed by atoms with E-state index in [9.17, 15) is 4.79 Å². The van der Waals surface area contributed by atoms with Gasteiger partial charge in [-0.1, -0.05) is 0 Å². The summed E-state index contributed by atoms with van der Waals surface area (Å²) in [5.74, 6) is 0.175. The molecular formula is C9H13N3O2. The van der Waals surface area contributed by atoms with Gasteiger partial charge in [-0.2, -0.15) is 0 Å². The van der Waals surface area contributed by atoms with Crippen LogP contribution < -0.4 is 5.32 Å². The van der Waals surface area contributed by atoms with Crippen LogP contribution in [0.4, 0.5) is 0 Å². The molecule has 14 heavy (non-hydrogen) atoms. The first-order valence-electron chi connectivity index (χ1n) is 4.75. The van der Waals surface area contributed by atoms with Gasteiger partial charge in [0, 0.05) is 25.5 Å². The Labute approximate surface area is 81.9 Å². The predicted octanol–water partition coefficient (Wildman–Crippen LogP) is 0.318. The van der Waals surface area contributed by atoms with Crippen LogP contribution in [0, 0.1) is 0 Å². The monoisotopic (exact) mass is 195 g/mol. The zero-order valence-electron chi connectivity index (χ0n) is 7.82. The molecule has 0 aliphatic carbocycles. The highest BCUT2D eigenvalue weighted by molar-refractivity contribution is 5.90. The van der Waals surface area contributed by atoms with Gasteiger partial charge in [-0.3, -0.25) is 4.79 Å². The Balaban J connectivity index is 1.78. The molecule has 5 heteroatoms. The number of H-pyrrole nitrogens is 1. The Morgan fingerprint density at radius 3 is 3.36 bits per heavy atom. The van der Waals surface area contributed by atoms with Gasteiger partial charge in [-0.15, -0.1) is 0 Å². The number of aromatic nitrogens is 2. The van der Waals surface area contributed by atoms with Gasteiger partial charge in [0.1, 0.15) is 0 Å². The minimum Gasteiger partial charge on any atom is -0.376 e. The van der Waals surface area contributed by atoms with Gasteiger partial charge in [-0.05, 0) is 12.8 Å². The molecule has 1 saturated heterocycles. The first-order chi connectivity index (χ1) is 6.86. The third-order valence-electron chi connectivity index (χ3n) is 2.23. The van der Waals surface area contributed by atoms with Gasteiger partial charge < -0.3 is 15.0 Å². The average Bonchev–Trinajstić information content (AvgIpc) is 2.87. The lowest BCUT2D eigenvalue weighted by Crippen LogP contribution is -2.32. The summed E-state index contributed by atoms with van der Waals surface area (Å²) in [5, 5.41) is 2.77. The number of amides is 1. The molecule has 1 aromatic rings. The number of imidazole rings is 1. The molecule has 76 valence electrons. The van der Waals surface area contributed by atoms with Crippen LogP contribution >= 0.6 is 0 Å². The fraction of sp³-hybridized carbons (Fsp3) is 0.556. The number of nitrogens with zero attached hydrogens (tertiary/aromatic N) is 1. The zero-order chi connectivity index (χ0) is 9.80. The third kappa shape index (κ3) is 2.11. The number of nitrogens with one attached hydrogen (secondary N) is 2. The van der Waals surface area contributed by atoms with Crippen molar-refractivity contribution in [3.05, 3.63) is 18.2 Å². The SMILES string of the molecule is O=C(NCC1CCCO1)c1ncc[nH]1. The number of carbonyl (C=O) groups excluding carboxylic acids is 1. The number of ether oxygens (including phenoxy) is 1. The molecule has 0 saturated carbocycles. The Bertz CT molecular complexity index is 291. The minimum atomic E-state index is -0.175. The fourth-order valence-corrected chi connectivity index (χ4v) is 1.49.